The van der Waals surface area contributed by atoms with Crippen molar-refractivity contribution in [3.8, 4) is 0 Å². The van der Waals surface area contributed by atoms with Gasteiger partial charge in [-0.05, 0) is 50.1 Å². The van der Waals surface area contributed by atoms with Crippen LogP contribution in [0, 0.1) is 0 Å². The van der Waals surface area contributed by atoms with E-state index in [9.17, 15) is 14.4 Å². The van der Waals surface area contributed by atoms with Crippen LogP contribution in [0.2, 0.25) is 36.3 Å². The second-order valence-corrected chi connectivity index (χ2v) is 23.0. The predicted octanol–water partition coefficient (Wildman–Crippen LogP) is 6.01. The number of ketones is 1. The normalized spacial score (nSPS) is 17.5. The molecule has 1 heterocycles. The van der Waals surface area contributed by atoms with Gasteiger partial charge in [0.25, 0.3) is 0 Å². The first-order chi connectivity index (χ1) is 17.5. The molecule has 0 aliphatic carbocycles. The molecule has 1 aliphatic rings. The fourth-order valence-electron chi connectivity index (χ4n) is 3.45. The molecule has 230 valence electrons. The summed E-state index contributed by atoms with van der Waals surface area (Å²) >= 11 is 0. The fourth-order valence-corrected chi connectivity index (χ4v) is 6.15. The highest BCUT2D eigenvalue weighted by Crippen LogP contribution is 2.40. The van der Waals surface area contributed by atoms with Crippen molar-refractivity contribution < 1.29 is 42.2 Å². The van der Waals surface area contributed by atoms with Crippen LogP contribution in [-0.2, 0) is 42.2 Å². The zero-order valence-electron chi connectivity index (χ0n) is 27.1. The van der Waals surface area contributed by atoms with E-state index in [0.29, 0.717) is 19.6 Å². The lowest BCUT2D eigenvalue weighted by Crippen LogP contribution is -2.46. The Balaban J connectivity index is 0.000000751. The zero-order chi connectivity index (χ0) is 30.9. The molecule has 39 heavy (non-hydrogen) atoms. The first-order valence-corrected chi connectivity index (χ1v) is 19.6. The molecule has 0 saturated carbocycles. The van der Waals surface area contributed by atoms with Gasteiger partial charge < -0.3 is 27.8 Å². The summed E-state index contributed by atoms with van der Waals surface area (Å²) in [4.78, 5) is 34.3. The number of hydrogen-bond acceptors (Lipinski definition) is 9. The van der Waals surface area contributed by atoms with Crippen molar-refractivity contribution in [3.05, 3.63) is 0 Å². The molecule has 0 aromatic carbocycles. The standard InChI is InChI=1S/C15H30O5Si.C13H26O4Si/c1-14(2,3)21(6,7)20-12(10-13(16)17-5)11-15(4)18-8-9-19-15;1-10(14)8-11(9-12(15)16-5)17-18(6,7)13(2,3)4/h12H,8-11H2,1-7H3;11H,8-9H2,1-7H3/t12-;11-/m01/s1. The Hall–Kier alpha value is -1.12. The molecule has 0 N–H and O–H groups in total. The van der Waals surface area contributed by atoms with Gasteiger partial charge in [-0.15, -0.1) is 0 Å². The number of methoxy groups -OCH3 is 2. The monoisotopic (exact) mass is 592 g/mol. The Labute approximate surface area is 239 Å². The van der Waals surface area contributed by atoms with Crippen molar-refractivity contribution in [1.29, 1.82) is 0 Å². The Morgan fingerprint density at radius 1 is 0.744 bits per heavy atom. The fraction of sp³-hybridized carbons (Fsp3) is 0.893. The highest BCUT2D eigenvalue weighted by atomic mass is 28.4. The van der Waals surface area contributed by atoms with E-state index in [2.05, 4.69) is 72.5 Å². The molecule has 0 amide bonds. The molecule has 0 radical (unpaired) electrons. The van der Waals surface area contributed by atoms with E-state index in [0.717, 1.165) is 0 Å². The third-order valence-electron chi connectivity index (χ3n) is 7.79. The molecule has 1 saturated heterocycles. The van der Waals surface area contributed by atoms with Crippen LogP contribution in [0.4, 0.5) is 0 Å². The summed E-state index contributed by atoms with van der Waals surface area (Å²) in [6.07, 6.45) is 0.557. The van der Waals surface area contributed by atoms with Crippen LogP contribution in [0.15, 0.2) is 0 Å². The van der Waals surface area contributed by atoms with Crippen molar-refractivity contribution in [2.75, 3.05) is 27.4 Å². The Bertz CT molecular complexity index is 792. The van der Waals surface area contributed by atoms with E-state index in [1.807, 2.05) is 6.92 Å². The molecular formula is C28H56O9Si2. The minimum atomic E-state index is -1.97. The van der Waals surface area contributed by atoms with Gasteiger partial charge in [0.15, 0.2) is 22.4 Å². The highest BCUT2D eigenvalue weighted by molar-refractivity contribution is 6.74. The first kappa shape index (κ1) is 37.9. The van der Waals surface area contributed by atoms with Gasteiger partial charge in [0.05, 0.1) is 52.5 Å². The lowest BCUT2D eigenvalue weighted by atomic mass is 10.1. The quantitative estimate of drug-likeness (QED) is 0.199. The lowest BCUT2D eigenvalue weighted by molar-refractivity contribution is -0.165. The van der Waals surface area contributed by atoms with Gasteiger partial charge in [0.1, 0.15) is 5.78 Å². The summed E-state index contributed by atoms with van der Waals surface area (Å²) in [5.74, 6) is -1.23. The molecule has 11 heteroatoms. The van der Waals surface area contributed by atoms with Gasteiger partial charge in [-0.3, -0.25) is 14.4 Å². The highest BCUT2D eigenvalue weighted by Gasteiger charge is 2.43. The predicted molar refractivity (Wildman–Crippen MR) is 158 cm³/mol. The molecule has 0 aromatic rings. The summed E-state index contributed by atoms with van der Waals surface area (Å²) in [5.41, 5.74) is 0. The first-order valence-electron chi connectivity index (χ1n) is 13.7. The minimum Gasteiger partial charge on any atom is -0.469 e. The van der Waals surface area contributed by atoms with Crippen LogP contribution in [0.25, 0.3) is 0 Å². The van der Waals surface area contributed by atoms with Crippen molar-refractivity contribution in [2.45, 2.75) is 135 Å². The van der Waals surface area contributed by atoms with E-state index in [1.165, 1.54) is 21.1 Å². The second-order valence-electron chi connectivity index (χ2n) is 13.5. The zero-order valence-corrected chi connectivity index (χ0v) is 29.1. The number of rotatable bonds is 12. The molecule has 9 nitrogen and oxygen atoms in total. The van der Waals surface area contributed by atoms with Gasteiger partial charge >= 0.3 is 11.9 Å². The molecule has 0 aromatic heterocycles. The summed E-state index contributed by atoms with van der Waals surface area (Å²) in [6, 6.07) is 0. The molecule has 2 atom stereocenters. The van der Waals surface area contributed by atoms with Crippen LogP contribution in [0.3, 0.4) is 0 Å². The Morgan fingerprint density at radius 2 is 1.10 bits per heavy atom. The molecule has 0 bridgehead atoms. The summed E-state index contributed by atoms with van der Waals surface area (Å²) in [6.45, 7) is 26.1. The second kappa shape index (κ2) is 15.2. The van der Waals surface area contributed by atoms with Gasteiger partial charge in [0, 0.05) is 12.8 Å². The maximum absolute atomic E-state index is 11.7. The number of ether oxygens (including phenoxy) is 4. The Kier molecular flexibility index (Phi) is 14.8. The number of carbonyl (C=O) groups is 3. The van der Waals surface area contributed by atoms with Gasteiger partial charge in [-0.25, -0.2) is 0 Å². The van der Waals surface area contributed by atoms with Crippen molar-refractivity contribution in [2.24, 2.45) is 0 Å². The van der Waals surface area contributed by atoms with Gasteiger partial charge in [-0.1, -0.05) is 41.5 Å². The topological polar surface area (TPSA) is 107 Å². The average Bonchev–Trinajstić information content (AvgIpc) is 3.16. The third-order valence-corrected chi connectivity index (χ3v) is 16.9. The van der Waals surface area contributed by atoms with Crippen LogP contribution >= 0.6 is 0 Å². The Morgan fingerprint density at radius 3 is 1.44 bits per heavy atom. The molecular weight excluding hydrogens is 536 g/mol. The van der Waals surface area contributed by atoms with E-state index >= 15 is 0 Å². The number of hydrogen-bond donors (Lipinski definition) is 0. The van der Waals surface area contributed by atoms with Crippen molar-refractivity contribution in [1.82, 2.24) is 0 Å². The van der Waals surface area contributed by atoms with Gasteiger partial charge in [0.2, 0.25) is 0 Å². The maximum atomic E-state index is 11.7. The molecule has 1 rings (SSSR count). The SMILES string of the molecule is COC(=O)C[C@@H](CC(C)=O)O[Si](C)(C)C(C)(C)C.COC(=O)C[C@@H](CC1(C)OCCO1)O[Si](C)(C)C(C)(C)C. The van der Waals surface area contributed by atoms with Crippen LogP contribution in [0.5, 0.6) is 0 Å². The van der Waals surface area contributed by atoms with E-state index in [4.69, 9.17) is 23.1 Å². The largest absolute Gasteiger partial charge is 0.469 e. The van der Waals surface area contributed by atoms with Crippen molar-refractivity contribution >= 4 is 34.4 Å². The maximum Gasteiger partial charge on any atom is 0.308 e. The van der Waals surface area contributed by atoms with E-state index in [1.54, 1.807) is 0 Å². The summed E-state index contributed by atoms with van der Waals surface area (Å²) < 4.78 is 33.2. The number of Topliss-reactive ketones (excluding diaryl/α,β-unsaturated/α-hetero) is 1. The molecule has 0 spiro atoms. The van der Waals surface area contributed by atoms with Crippen LogP contribution < -0.4 is 0 Å². The van der Waals surface area contributed by atoms with E-state index in [-0.39, 0.29) is 59.3 Å². The van der Waals surface area contributed by atoms with Crippen LogP contribution in [0.1, 0.15) is 81.1 Å². The van der Waals surface area contributed by atoms with Gasteiger partial charge in [-0.2, -0.15) is 0 Å². The van der Waals surface area contributed by atoms with Crippen LogP contribution in [-0.4, -0.2) is 79.8 Å². The summed E-state index contributed by atoms with van der Waals surface area (Å²) in [7, 11) is -1.20. The molecule has 1 fully saturated rings. The minimum absolute atomic E-state index is 0.0302. The smallest absolute Gasteiger partial charge is 0.308 e. The molecule has 1 aliphatic heterocycles. The average molecular weight is 593 g/mol. The van der Waals surface area contributed by atoms with Crippen molar-refractivity contribution in [3.63, 3.8) is 0 Å². The number of esters is 2. The number of carbonyl (C=O) groups excluding carboxylic acids is 3. The lowest BCUT2D eigenvalue weighted by Gasteiger charge is -2.40. The third kappa shape index (κ3) is 13.9. The summed E-state index contributed by atoms with van der Waals surface area (Å²) in [5, 5.41) is 0.137. The van der Waals surface area contributed by atoms with E-state index < -0.39 is 22.4 Å². The molecule has 0 unspecified atom stereocenters.